The van der Waals surface area contributed by atoms with Gasteiger partial charge >= 0.3 is 0 Å². The van der Waals surface area contributed by atoms with Crippen molar-refractivity contribution in [3.8, 4) is 0 Å². The Morgan fingerprint density at radius 2 is 1.75 bits per heavy atom. The molecule has 3 rings (SSSR count). The Kier molecular flexibility index (Phi) is 4.60. The van der Waals surface area contributed by atoms with E-state index in [1.807, 2.05) is 25.1 Å². The molecule has 2 amide bonds. The van der Waals surface area contributed by atoms with Crippen LogP contribution in [0.3, 0.4) is 0 Å². The molecule has 2 aromatic rings. The molecule has 0 saturated carbocycles. The summed E-state index contributed by atoms with van der Waals surface area (Å²) in [5.74, 6) is -0.646. The molecule has 0 spiro atoms. The zero-order valence-corrected chi connectivity index (χ0v) is 13.5. The molecular weight excluding hydrogens is 307 g/mol. The summed E-state index contributed by atoms with van der Waals surface area (Å²) in [6.07, 6.45) is 0.907. The molecule has 24 heavy (non-hydrogen) atoms. The van der Waals surface area contributed by atoms with Gasteiger partial charge in [-0.25, -0.2) is 9.40 Å². The molecule has 1 fully saturated rings. The lowest BCUT2D eigenvalue weighted by Crippen LogP contribution is -2.45. The van der Waals surface area contributed by atoms with Crippen molar-refractivity contribution in [3.63, 3.8) is 0 Å². The largest absolute Gasteiger partial charge is 0.273 e. The molecule has 0 atom stereocenters. The SMILES string of the molecule is Cc1cccc(C(=O)N2CCCN2C(=O)Cc2ccc(F)cc2)c1. The fraction of sp³-hybridized carbons (Fsp3) is 0.263. The number of carbonyl (C=O) groups is 2. The van der Waals surface area contributed by atoms with Crippen molar-refractivity contribution in [1.29, 1.82) is 0 Å². The van der Waals surface area contributed by atoms with Crippen molar-refractivity contribution in [2.24, 2.45) is 0 Å². The van der Waals surface area contributed by atoms with Crippen LogP contribution in [-0.4, -0.2) is 34.9 Å². The second-order valence-corrected chi connectivity index (χ2v) is 5.97. The van der Waals surface area contributed by atoms with Gasteiger partial charge in [-0.3, -0.25) is 14.6 Å². The molecular formula is C19H19FN2O2. The first kappa shape index (κ1) is 16.2. The van der Waals surface area contributed by atoms with Crippen LogP contribution < -0.4 is 0 Å². The second kappa shape index (κ2) is 6.83. The van der Waals surface area contributed by atoms with Gasteiger partial charge < -0.3 is 0 Å². The smallest absolute Gasteiger partial charge is 0.272 e. The van der Waals surface area contributed by atoms with E-state index in [2.05, 4.69) is 0 Å². The van der Waals surface area contributed by atoms with E-state index in [1.165, 1.54) is 22.2 Å². The first-order chi connectivity index (χ1) is 11.5. The zero-order chi connectivity index (χ0) is 17.1. The lowest BCUT2D eigenvalue weighted by molar-refractivity contribution is -0.139. The van der Waals surface area contributed by atoms with Gasteiger partial charge in [0.15, 0.2) is 0 Å². The van der Waals surface area contributed by atoms with Crippen LogP contribution in [0, 0.1) is 12.7 Å². The topological polar surface area (TPSA) is 40.6 Å². The average molecular weight is 326 g/mol. The maximum atomic E-state index is 13.0. The van der Waals surface area contributed by atoms with E-state index >= 15 is 0 Å². The Balaban J connectivity index is 1.73. The van der Waals surface area contributed by atoms with Crippen LogP contribution in [0.2, 0.25) is 0 Å². The number of rotatable bonds is 3. The van der Waals surface area contributed by atoms with Gasteiger partial charge in [0, 0.05) is 18.7 Å². The van der Waals surface area contributed by atoms with Gasteiger partial charge in [-0.1, -0.05) is 29.8 Å². The highest BCUT2D eigenvalue weighted by Gasteiger charge is 2.31. The number of benzene rings is 2. The number of nitrogens with zero attached hydrogens (tertiary/aromatic N) is 2. The molecule has 0 radical (unpaired) electrons. The van der Waals surface area contributed by atoms with Crippen LogP contribution in [0.1, 0.15) is 27.9 Å². The van der Waals surface area contributed by atoms with Gasteiger partial charge in [0.25, 0.3) is 5.91 Å². The number of hydrogen-bond donors (Lipinski definition) is 0. The van der Waals surface area contributed by atoms with Crippen LogP contribution in [-0.2, 0) is 11.2 Å². The first-order valence-corrected chi connectivity index (χ1v) is 7.98. The molecule has 124 valence electrons. The van der Waals surface area contributed by atoms with Gasteiger partial charge in [0.2, 0.25) is 5.91 Å². The van der Waals surface area contributed by atoms with Crippen molar-refractivity contribution >= 4 is 11.8 Å². The van der Waals surface area contributed by atoms with Crippen LogP contribution in [0.4, 0.5) is 4.39 Å². The molecule has 0 N–H and O–H groups in total. The molecule has 0 aliphatic carbocycles. The van der Waals surface area contributed by atoms with E-state index in [9.17, 15) is 14.0 Å². The molecule has 1 aliphatic heterocycles. The third-order valence-corrected chi connectivity index (χ3v) is 4.09. The standard InChI is InChI=1S/C19H19FN2O2/c1-14-4-2-5-16(12-14)19(24)22-11-3-10-21(22)18(23)13-15-6-8-17(20)9-7-15/h2,4-9,12H,3,10-11,13H2,1H3. The van der Waals surface area contributed by atoms with E-state index in [4.69, 9.17) is 0 Å². The quantitative estimate of drug-likeness (QED) is 0.870. The molecule has 0 aromatic heterocycles. The lowest BCUT2D eigenvalue weighted by atomic mass is 10.1. The van der Waals surface area contributed by atoms with Gasteiger partial charge in [-0.15, -0.1) is 0 Å². The third kappa shape index (κ3) is 3.45. The van der Waals surface area contributed by atoms with Crippen molar-refractivity contribution in [3.05, 3.63) is 71.0 Å². The first-order valence-electron chi connectivity index (χ1n) is 7.98. The zero-order valence-electron chi connectivity index (χ0n) is 13.5. The molecule has 1 aliphatic rings. The van der Waals surface area contributed by atoms with E-state index in [-0.39, 0.29) is 24.1 Å². The van der Waals surface area contributed by atoms with Crippen LogP contribution in [0.25, 0.3) is 0 Å². The predicted molar refractivity (Wildman–Crippen MR) is 88.6 cm³/mol. The highest BCUT2D eigenvalue weighted by molar-refractivity contribution is 5.96. The fourth-order valence-corrected chi connectivity index (χ4v) is 2.88. The minimum atomic E-state index is -0.330. The van der Waals surface area contributed by atoms with Crippen molar-refractivity contribution in [2.75, 3.05) is 13.1 Å². The summed E-state index contributed by atoms with van der Waals surface area (Å²) in [6.45, 7) is 2.98. The summed E-state index contributed by atoms with van der Waals surface area (Å²) in [7, 11) is 0. The Morgan fingerprint density at radius 1 is 1.04 bits per heavy atom. The lowest BCUT2D eigenvalue weighted by Gasteiger charge is -2.28. The normalized spacial score (nSPS) is 14.1. The summed E-state index contributed by atoms with van der Waals surface area (Å²) < 4.78 is 13.0. The maximum absolute atomic E-state index is 13.0. The van der Waals surface area contributed by atoms with Crippen LogP contribution >= 0.6 is 0 Å². The molecule has 4 nitrogen and oxygen atoms in total. The van der Waals surface area contributed by atoms with Crippen molar-refractivity contribution in [1.82, 2.24) is 10.0 Å². The highest BCUT2D eigenvalue weighted by Crippen LogP contribution is 2.17. The highest BCUT2D eigenvalue weighted by atomic mass is 19.1. The molecule has 0 unspecified atom stereocenters. The van der Waals surface area contributed by atoms with Crippen LogP contribution in [0.5, 0.6) is 0 Å². The van der Waals surface area contributed by atoms with Crippen molar-refractivity contribution < 1.29 is 14.0 Å². The molecule has 1 heterocycles. The van der Waals surface area contributed by atoms with Gasteiger partial charge in [0.05, 0.1) is 6.42 Å². The Hall–Kier alpha value is -2.69. The van der Waals surface area contributed by atoms with E-state index in [0.717, 1.165) is 17.5 Å². The minimum Gasteiger partial charge on any atom is -0.273 e. The van der Waals surface area contributed by atoms with E-state index in [0.29, 0.717) is 18.7 Å². The predicted octanol–water partition coefficient (Wildman–Crippen LogP) is 2.97. The number of aryl methyl sites for hydroxylation is 1. The molecule has 5 heteroatoms. The fourth-order valence-electron chi connectivity index (χ4n) is 2.88. The summed E-state index contributed by atoms with van der Waals surface area (Å²) >= 11 is 0. The summed E-state index contributed by atoms with van der Waals surface area (Å²) in [4.78, 5) is 25.2. The van der Waals surface area contributed by atoms with Crippen molar-refractivity contribution in [2.45, 2.75) is 19.8 Å². The van der Waals surface area contributed by atoms with E-state index < -0.39 is 0 Å². The number of carbonyl (C=O) groups excluding carboxylic acids is 2. The van der Waals surface area contributed by atoms with Gasteiger partial charge in [-0.2, -0.15) is 0 Å². The summed E-state index contributed by atoms with van der Waals surface area (Å²) in [5, 5.41) is 3.02. The molecule has 2 aromatic carbocycles. The van der Waals surface area contributed by atoms with Crippen LogP contribution in [0.15, 0.2) is 48.5 Å². The monoisotopic (exact) mass is 326 g/mol. The Bertz CT molecular complexity index is 758. The Labute approximate surface area is 140 Å². The number of hydrogen-bond acceptors (Lipinski definition) is 2. The number of hydrazine groups is 1. The van der Waals surface area contributed by atoms with Gasteiger partial charge in [-0.05, 0) is 43.2 Å². The van der Waals surface area contributed by atoms with Gasteiger partial charge in [0.1, 0.15) is 5.82 Å². The summed E-state index contributed by atoms with van der Waals surface area (Å²) in [6, 6.07) is 13.2. The van der Waals surface area contributed by atoms with E-state index in [1.54, 1.807) is 18.2 Å². The molecule has 1 saturated heterocycles. The average Bonchev–Trinajstić information content (AvgIpc) is 3.06. The maximum Gasteiger partial charge on any atom is 0.272 e. The minimum absolute atomic E-state index is 0.151. The Morgan fingerprint density at radius 3 is 2.46 bits per heavy atom. The number of halogens is 1. The number of amides is 2. The summed E-state index contributed by atoms with van der Waals surface area (Å²) in [5.41, 5.74) is 2.32. The third-order valence-electron chi connectivity index (χ3n) is 4.09. The second-order valence-electron chi connectivity index (χ2n) is 5.97. The molecule has 0 bridgehead atoms.